The number of unbranched alkanes of at least 4 members (excludes halogenated alkanes) is 18. The summed E-state index contributed by atoms with van der Waals surface area (Å²) in [5.74, 6) is -1.04. The first kappa shape index (κ1) is 54.6. The van der Waals surface area contributed by atoms with E-state index in [1.807, 2.05) is 6.07 Å². The third kappa shape index (κ3) is 18.8. The molecule has 72 heavy (non-hydrogen) atoms. The van der Waals surface area contributed by atoms with Crippen LogP contribution in [0.1, 0.15) is 174 Å². The van der Waals surface area contributed by atoms with Crippen LogP contribution in [0.15, 0.2) is 131 Å². The number of benzene rings is 6. The molecule has 6 rings (SSSR count). The van der Waals surface area contributed by atoms with Crippen LogP contribution >= 0.6 is 0 Å². The molecule has 0 spiro atoms. The summed E-state index contributed by atoms with van der Waals surface area (Å²) in [5, 5.41) is 1.37. The average molecular weight is 979 g/mol. The molecule has 0 saturated carbocycles. The molecule has 0 unspecified atom stereocenters. The Balaban J connectivity index is 0.929. The Morgan fingerprint density at radius 1 is 0.444 bits per heavy atom. The van der Waals surface area contributed by atoms with Crippen molar-refractivity contribution < 1.29 is 37.3 Å². The van der Waals surface area contributed by atoms with E-state index in [1.165, 1.54) is 115 Å². The zero-order chi connectivity index (χ0) is 50.6. The van der Waals surface area contributed by atoms with Crippen molar-refractivity contribution in [3.8, 4) is 23.0 Å². The second-order valence-corrected chi connectivity index (χ2v) is 18.5. The van der Waals surface area contributed by atoms with Gasteiger partial charge in [-0.15, -0.1) is 0 Å². The smallest absolute Gasteiger partial charge is 0.343 e. The Morgan fingerprint density at radius 3 is 1.32 bits per heavy atom. The van der Waals surface area contributed by atoms with Gasteiger partial charge in [0.05, 0.1) is 35.7 Å². The fraction of sp³-hybridized carbons (Fsp3) is 0.387. The Hall–Kier alpha value is -6.68. The van der Waals surface area contributed by atoms with Gasteiger partial charge in [-0.3, -0.25) is 9.98 Å². The van der Waals surface area contributed by atoms with Gasteiger partial charge in [0, 0.05) is 29.9 Å². The predicted molar refractivity (Wildman–Crippen MR) is 289 cm³/mol. The second-order valence-electron chi connectivity index (χ2n) is 18.5. The minimum absolute atomic E-state index is 0.222. The van der Waals surface area contributed by atoms with Crippen LogP contribution in [-0.4, -0.2) is 37.6 Å². The van der Waals surface area contributed by atoms with Gasteiger partial charge in [0.25, 0.3) is 0 Å². The first-order valence-corrected chi connectivity index (χ1v) is 26.4. The fourth-order valence-electron chi connectivity index (χ4n) is 8.33. The van der Waals surface area contributed by atoms with Crippen molar-refractivity contribution in [3.63, 3.8) is 0 Å². The lowest BCUT2D eigenvalue weighted by atomic mass is 10.1. The number of nitrogens with zero attached hydrogens (tertiary/aromatic N) is 2. The molecule has 0 aliphatic carbocycles. The number of carbonyl (C=O) groups is 2. The summed E-state index contributed by atoms with van der Waals surface area (Å²) in [6.45, 7) is 5.44. The summed E-state index contributed by atoms with van der Waals surface area (Å²) in [7, 11) is 0. The molecule has 0 aliphatic rings. The van der Waals surface area contributed by atoms with Gasteiger partial charge in [0.15, 0.2) is 23.1 Å². The Labute approximate surface area is 425 Å². The van der Waals surface area contributed by atoms with Gasteiger partial charge in [-0.2, -0.15) is 0 Å². The molecular formula is C62H72F2N2O6. The van der Waals surface area contributed by atoms with Crippen LogP contribution in [0.5, 0.6) is 23.0 Å². The van der Waals surface area contributed by atoms with Gasteiger partial charge in [-0.1, -0.05) is 172 Å². The van der Waals surface area contributed by atoms with Crippen molar-refractivity contribution in [2.24, 2.45) is 9.98 Å². The third-order valence-electron chi connectivity index (χ3n) is 12.6. The summed E-state index contributed by atoms with van der Waals surface area (Å²) in [6, 6.07) is 33.2. The maximum atomic E-state index is 14.8. The molecule has 380 valence electrons. The number of rotatable bonds is 32. The van der Waals surface area contributed by atoms with Crippen LogP contribution in [0.25, 0.3) is 10.8 Å². The summed E-state index contributed by atoms with van der Waals surface area (Å²) < 4.78 is 52.6. The van der Waals surface area contributed by atoms with Crippen LogP contribution in [0, 0.1) is 11.6 Å². The van der Waals surface area contributed by atoms with Crippen LogP contribution < -0.4 is 18.9 Å². The number of halogens is 2. The van der Waals surface area contributed by atoms with Crippen molar-refractivity contribution in [3.05, 3.63) is 155 Å². The SMILES string of the molecule is CCCCCCCCCCCCOc1ccc(N=Cc2ccc(C(=O)Oc3ccc4cccc(OC(=O)c5ccc(C=Nc6ccc(OCCCCCCCCCCCC)c(F)c6)cc5)c4c3)cc2)cc1F. The number of fused-ring (bicyclic) bond motifs is 1. The van der Waals surface area contributed by atoms with Crippen molar-refractivity contribution in [1.82, 2.24) is 0 Å². The standard InChI is InChI=1S/C62H72F2N2O6/c1-3-5-7-9-11-13-15-17-19-21-40-69-59-38-35-52(42-56(59)63)65-45-47-26-30-50(31-27-47)61(67)71-54-37-34-49-24-23-25-58(55(49)44-54)72-62(68)51-32-28-48(29-33-51)46-66-53-36-39-60(57(64)43-53)70-41-22-20-18-16-14-12-10-8-6-4-2/h23-39,42-46H,3-22,40-41H2,1-2H3. The third-order valence-corrected chi connectivity index (χ3v) is 12.6. The maximum Gasteiger partial charge on any atom is 0.343 e. The second kappa shape index (κ2) is 30.9. The monoisotopic (exact) mass is 979 g/mol. The number of carbonyl (C=O) groups excluding carboxylic acids is 2. The van der Waals surface area contributed by atoms with Gasteiger partial charge in [-0.25, -0.2) is 18.4 Å². The highest BCUT2D eigenvalue weighted by atomic mass is 19.1. The molecule has 0 bridgehead atoms. The molecule has 0 saturated heterocycles. The van der Waals surface area contributed by atoms with Gasteiger partial charge in [0.1, 0.15) is 11.5 Å². The lowest BCUT2D eigenvalue weighted by Crippen LogP contribution is -2.09. The molecule has 6 aromatic carbocycles. The highest BCUT2D eigenvalue weighted by Gasteiger charge is 2.15. The number of aliphatic imine (C=N–C) groups is 2. The minimum Gasteiger partial charge on any atom is -0.491 e. The zero-order valence-electron chi connectivity index (χ0n) is 42.4. The van der Waals surface area contributed by atoms with Crippen LogP contribution in [-0.2, 0) is 0 Å². The first-order chi connectivity index (χ1) is 35.3. The highest BCUT2D eigenvalue weighted by Crippen LogP contribution is 2.31. The van der Waals surface area contributed by atoms with E-state index in [1.54, 1.807) is 116 Å². The summed E-state index contributed by atoms with van der Waals surface area (Å²) in [6.07, 6.45) is 27.7. The van der Waals surface area contributed by atoms with E-state index < -0.39 is 23.6 Å². The Kier molecular flexibility index (Phi) is 23.5. The molecule has 0 aliphatic heterocycles. The van der Waals surface area contributed by atoms with Gasteiger partial charge in [0.2, 0.25) is 0 Å². The minimum atomic E-state index is -0.572. The zero-order valence-corrected chi connectivity index (χ0v) is 42.4. The maximum absolute atomic E-state index is 14.8. The Bertz CT molecular complexity index is 2650. The number of esters is 2. The molecule has 0 heterocycles. The highest BCUT2D eigenvalue weighted by molar-refractivity contribution is 5.97. The molecule has 10 heteroatoms. The van der Waals surface area contributed by atoms with Crippen molar-refractivity contribution in [1.29, 1.82) is 0 Å². The molecule has 0 aromatic heterocycles. The predicted octanol–water partition coefficient (Wildman–Crippen LogP) is 17.7. The molecule has 6 aromatic rings. The van der Waals surface area contributed by atoms with E-state index in [9.17, 15) is 18.4 Å². The van der Waals surface area contributed by atoms with Gasteiger partial charge >= 0.3 is 11.9 Å². The van der Waals surface area contributed by atoms with E-state index >= 15 is 0 Å². The summed E-state index contributed by atoms with van der Waals surface area (Å²) in [5.41, 5.74) is 2.96. The van der Waals surface area contributed by atoms with E-state index in [4.69, 9.17) is 18.9 Å². The largest absolute Gasteiger partial charge is 0.491 e. The molecule has 0 atom stereocenters. The number of ether oxygens (including phenoxy) is 4. The van der Waals surface area contributed by atoms with Crippen LogP contribution in [0.3, 0.4) is 0 Å². The quantitative estimate of drug-likeness (QED) is 0.0181. The first-order valence-electron chi connectivity index (χ1n) is 26.4. The average Bonchev–Trinajstić information content (AvgIpc) is 3.39. The van der Waals surface area contributed by atoms with E-state index in [0.29, 0.717) is 58.0 Å². The fourth-order valence-corrected chi connectivity index (χ4v) is 8.33. The van der Waals surface area contributed by atoms with Gasteiger partial charge in [-0.05, 0) is 96.1 Å². The molecule has 0 amide bonds. The van der Waals surface area contributed by atoms with Crippen LogP contribution in [0.2, 0.25) is 0 Å². The summed E-state index contributed by atoms with van der Waals surface area (Å²) >= 11 is 0. The van der Waals surface area contributed by atoms with Gasteiger partial charge < -0.3 is 18.9 Å². The van der Waals surface area contributed by atoms with E-state index in [-0.39, 0.29) is 17.2 Å². The normalized spacial score (nSPS) is 11.4. The van der Waals surface area contributed by atoms with E-state index in [2.05, 4.69) is 23.8 Å². The number of hydrogen-bond acceptors (Lipinski definition) is 8. The molecule has 8 nitrogen and oxygen atoms in total. The number of hydrogen-bond donors (Lipinski definition) is 0. The molecule has 0 fully saturated rings. The summed E-state index contributed by atoms with van der Waals surface area (Å²) in [4.78, 5) is 35.4. The molecular weight excluding hydrogens is 907 g/mol. The lowest BCUT2D eigenvalue weighted by Gasteiger charge is -2.10. The molecule has 0 radical (unpaired) electrons. The molecule has 0 N–H and O–H groups in total. The lowest BCUT2D eigenvalue weighted by molar-refractivity contribution is 0.0724. The van der Waals surface area contributed by atoms with Crippen molar-refractivity contribution in [2.45, 2.75) is 142 Å². The van der Waals surface area contributed by atoms with Crippen molar-refractivity contribution in [2.75, 3.05) is 13.2 Å². The van der Waals surface area contributed by atoms with Crippen LogP contribution in [0.4, 0.5) is 20.2 Å². The Morgan fingerprint density at radius 2 is 0.875 bits per heavy atom. The van der Waals surface area contributed by atoms with Crippen molar-refractivity contribution >= 4 is 46.5 Å². The van der Waals surface area contributed by atoms with E-state index in [0.717, 1.165) is 31.1 Å². The topological polar surface area (TPSA) is 95.8 Å².